The van der Waals surface area contributed by atoms with E-state index < -0.39 is 0 Å². The minimum Gasteiger partial charge on any atom is -0.456 e. The second-order valence-electron chi connectivity index (χ2n) is 16.0. The Balaban J connectivity index is 1.06. The van der Waals surface area contributed by atoms with Crippen LogP contribution in [0.1, 0.15) is 0 Å². The molecule has 0 spiro atoms. The van der Waals surface area contributed by atoms with E-state index in [1.165, 1.54) is 22.3 Å². The molecule has 3 heteroatoms. The molecule has 0 bridgehead atoms. The van der Waals surface area contributed by atoms with Gasteiger partial charge in [0.25, 0.3) is 0 Å². The largest absolute Gasteiger partial charge is 0.456 e. The van der Waals surface area contributed by atoms with E-state index in [-0.39, 0.29) is 0 Å². The molecule has 12 aromatic rings. The summed E-state index contributed by atoms with van der Waals surface area (Å²) in [6.07, 6.45) is 0. The van der Waals surface area contributed by atoms with E-state index in [1.54, 1.807) is 0 Å². The van der Waals surface area contributed by atoms with E-state index in [0.29, 0.717) is 0 Å². The molecule has 2 aromatic heterocycles. The van der Waals surface area contributed by atoms with Crippen LogP contribution in [-0.2, 0) is 0 Å². The number of fused-ring (bicyclic) bond motifs is 6. The van der Waals surface area contributed by atoms with Crippen LogP contribution in [0, 0.1) is 0 Å². The highest BCUT2D eigenvalue weighted by Gasteiger charge is 2.24. The zero-order chi connectivity index (χ0) is 41.7. The van der Waals surface area contributed by atoms with Gasteiger partial charge in [-0.3, -0.25) is 0 Å². The number of furan rings is 2. The molecular formula is C60H39NO2. The third-order valence-corrected chi connectivity index (χ3v) is 12.3. The van der Waals surface area contributed by atoms with Crippen molar-refractivity contribution in [1.29, 1.82) is 0 Å². The van der Waals surface area contributed by atoms with Crippen molar-refractivity contribution >= 4 is 60.9 Å². The zero-order valence-electron chi connectivity index (χ0n) is 34.3. The quantitative estimate of drug-likeness (QED) is 0.153. The number of rotatable bonds is 8. The van der Waals surface area contributed by atoms with E-state index in [1.807, 2.05) is 18.2 Å². The molecular weight excluding hydrogens is 767 g/mol. The lowest BCUT2D eigenvalue weighted by atomic mass is 9.88. The second-order valence-corrected chi connectivity index (χ2v) is 16.0. The van der Waals surface area contributed by atoms with Crippen LogP contribution in [0.5, 0.6) is 0 Å². The predicted molar refractivity (Wildman–Crippen MR) is 263 cm³/mol. The summed E-state index contributed by atoms with van der Waals surface area (Å²) in [5.41, 5.74) is 18.0. The maximum absolute atomic E-state index is 6.68. The van der Waals surface area contributed by atoms with Crippen molar-refractivity contribution in [2.45, 2.75) is 0 Å². The van der Waals surface area contributed by atoms with Crippen LogP contribution in [0.4, 0.5) is 17.1 Å². The summed E-state index contributed by atoms with van der Waals surface area (Å²) >= 11 is 0. The Morgan fingerprint density at radius 3 is 1.41 bits per heavy atom. The van der Waals surface area contributed by atoms with Crippen molar-refractivity contribution in [3.63, 3.8) is 0 Å². The van der Waals surface area contributed by atoms with Gasteiger partial charge in [-0.1, -0.05) is 188 Å². The summed E-state index contributed by atoms with van der Waals surface area (Å²) in [7, 11) is 0. The number of hydrogen-bond acceptors (Lipinski definition) is 3. The van der Waals surface area contributed by atoms with E-state index in [2.05, 4.69) is 223 Å². The van der Waals surface area contributed by atoms with E-state index >= 15 is 0 Å². The Hall–Kier alpha value is -8.40. The van der Waals surface area contributed by atoms with Crippen molar-refractivity contribution < 1.29 is 8.83 Å². The maximum Gasteiger partial charge on any atom is 0.143 e. The summed E-state index contributed by atoms with van der Waals surface area (Å²) in [6.45, 7) is 0. The molecule has 0 aliphatic carbocycles. The average Bonchev–Trinajstić information content (AvgIpc) is 3.93. The molecule has 296 valence electrons. The lowest BCUT2D eigenvalue weighted by Gasteiger charge is -2.30. The Kier molecular flexibility index (Phi) is 8.83. The third kappa shape index (κ3) is 6.29. The Bertz CT molecular complexity index is 3630. The fraction of sp³-hybridized carbons (Fsp3) is 0. The lowest BCUT2D eigenvalue weighted by molar-refractivity contribution is 0.669. The zero-order valence-corrected chi connectivity index (χ0v) is 34.3. The molecule has 0 aliphatic heterocycles. The predicted octanol–water partition coefficient (Wildman–Crippen LogP) is 17.3. The molecule has 0 saturated carbocycles. The van der Waals surface area contributed by atoms with E-state index in [0.717, 1.165) is 94.3 Å². The van der Waals surface area contributed by atoms with Crippen LogP contribution in [0.3, 0.4) is 0 Å². The second kappa shape index (κ2) is 15.3. The summed E-state index contributed by atoms with van der Waals surface area (Å²) in [5.74, 6) is 0. The molecule has 0 N–H and O–H groups in total. The van der Waals surface area contributed by atoms with E-state index in [9.17, 15) is 0 Å². The van der Waals surface area contributed by atoms with Crippen LogP contribution in [0.15, 0.2) is 245 Å². The SMILES string of the molecule is c1ccc(-c2ccccc2-c2ccccc2-c2ccccc2N(c2ccc(-c3ccc4c(c3)oc3ccccc34)cc2)c2ccccc2-c2cccc3c2oc2ccccc23)cc1. The highest BCUT2D eigenvalue weighted by molar-refractivity contribution is 6.11. The van der Waals surface area contributed by atoms with Gasteiger partial charge in [0.15, 0.2) is 0 Å². The Morgan fingerprint density at radius 2 is 0.714 bits per heavy atom. The van der Waals surface area contributed by atoms with Crippen LogP contribution in [0.25, 0.3) is 99.5 Å². The summed E-state index contributed by atoms with van der Waals surface area (Å²) in [6, 6.07) is 84.2. The van der Waals surface area contributed by atoms with E-state index in [4.69, 9.17) is 8.83 Å². The normalized spacial score (nSPS) is 11.5. The van der Waals surface area contributed by atoms with Gasteiger partial charge in [0.1, 0.15) is 22.3 Å². The first-order chi connectivity index (χ1) is 31.3. The first-order valence-electron chi connectivity index (χ1n) is 21.4. The van der Waals surface area contributed by atoms with Gasteiger partial charge in [0, 0.05) is 43.9 Å². The molecule has 0 fully saturated rings. The van der Waals surface area contributed by atoms with Gasteiger partial charge in [0.05, 0.1) is 11.4 Å². The highest BCUT2D eigenvalue weighted by atomic mass is 16.3. The molecule has 0 unspecified atom stereocenters. The minimum absolute atomic E-state index is 0.874. The molecule has 0 saturated heterocycles. The van der Waals surface area contributed by atoms with Gasteiger partial charge in [-0.05, 0) is 87.5 Å². The fourth-order valence-electron chi connectivity index (χ4n) is 9.41. The van der Waals surface area contributed by atoms with Gasteiger partial charge in [0.2, 0.25) is 0 Å². The van der Waals surface area contributed by atoms with Gasteiger partial charge < -0.3 is 13.7 Å². The van der Waals surface area contributed by atoms with Gasteiger partial charge in [-0.15, -0.1) is 0 Å². The van der Waals surface area contributed by atoms with Crippen molar-refractivity contribution in [3.05, 3.63) is 237 Å². The summed E-state index contributed by atoms with van der Waals surface area (Å²) in [5, 5.41) is 4.46. The van der Waals surface area contributed by atoms with Crippen molar-refractivity contribution in [1.82, 2.24) is 0 Å². The smallest absolute Gasteiger partial charge is 0.143 e. The molecule has 0 amide bonds. The number of hydrogen-bond donors (Lipinski definition) is 0. The summed E-state index contributed by atoms with van der Waals surface area (Å²) < 4.78 is 13.0. The molecule has 63 heavy (non-hydrogen) atoms. The van der Waals surface area contributed by atoms with Gasteiger partial charge in [-0.25, -0.2) is 0 Å². The molecule has 0 aliphatic rings. The van der Waals surface area contributed by atoms with Crippen LogP contribution in [0.2, 0.25) is 0 Å². The molecule has 0 atom stereocenters. The first kappa shape index (κ1) is 36.5. The number of para-hydroxylation sites is 5. The molecule has 0 radical (unpaired) electrons. The first-order valence-corrected chi connectivity index (χ1v) is 21.4. The maximum atomic E-state index is 6.68. The molecule has 12 rings (SSSR count). The number of anilines is 3. The standard InChI is InChI=1S/C60H39NO2/c1-2-17-41(18-3-1)44-19-4-5-20-45(44)46-21-6-7-22-47(46)48-23-8-12-29-55(48)61(43-36-33-40(34-37-43)42-35-38-52-50-25-10-14-31-57(50)62-59(52)39-42)56-30-13-9-24-49(56)53-27-16-28-54-51-26-11-15-32-58(51)63-60(53)54/h1-39H. The Labute approximate surface area is 365 Å². The molecule has 2 heterocycles. The summed E-state index contributed by atoms with van der Waals surface area (Å²) in [4.78, 5) is 2.41. The fourth-order valence-corrected chi connectivity index (χ4v) is 9.41. The molecule has 3 nitrogen and oxygen atoms in total. The average molecular weight is 806 g/mol. The highest BCUT2D eigenvalue weighted by Crippen LogP contribution is 2.49. The number of nitrogens with zero attached hydrogens (tertiary/aromatic N) is 1. The Morgan fingerprint density at radius 1 is 0.254 bits per heavy atom. The van der Waals surface area contributed by atoms with Crippen molar-refractivity contribution in [2.75, 3.05) is 4.90 Å². The monoisotopic (exact) mass is 805 g/mol. The lowest BCUT2D eigenvalue weighted by Crippen LogP contribution is -2.12. The minimum atomic E-state index is 0.874. The third-order valence-electron chi connectivity index (χ3n) is 12.3. The topological polar surface area (TPSA) is 29.5 Å². The van der Waals surface area contributed by atoms with Crippen molar-refractivity contribution in [2.24, 2.45) is 0 Å². The molecule has 10 aromatic carbocycles. The van der Waals surface area contributed by atoms with Crippen LogP contribution in [-0.4, -0.2) is 0 Å². The van der Waals surface area contributed by atoms with Gasteiger partial charge in [-0.2, -0.15) is 0 Å². The van der Waals surface area contributed by atoms with Crippen LogP contribution < -0.4 is 4.90 Å². The van der Waals surface area contributed by atoms with Crippen molar-refractivity contribution in [3.8, 4) is 55.6 Å². The van der Waals surface area contributed by atoms with Crippen LogP contribution >= 0.6 is 0 Å². The van der Waals surface area contributed by atoms with Gasteiger partial charge >= 0.3 is 0 Å². The number of benzene rings is 10.